The van der Waals surface area contributed by atoms with Crippen LogP contribution in [0.3, 0.4) is 0 Å². The van der Waals surface area contributed by atoms with Crippen molar-refractivity contribution >= 4 is 24.2 Å². The van der Waals surface area contributed by atoms with Crippen LogP contribution in [0.2, 0.25) is 0 Å². The summed E-state index contributed by atoms with van der Waals surface area (Å²) in [6, 6.07) is 7.75. The summed E-state index contributed by atoms with van der Waals surface area (Å²) in [5, 5.41) is 9.28. The van der Waals surface area contributed by atoms with Crippen molar-refractivity contribution in [1.29, 1.82) is 0 Å². The molecule has 2 amide bonds. The highest BCUT2D eigenvalue weighted by atomic mass is 35.5. The first-order valence-corrected chi connectivity index (χ1v) is 11.9. The van der Waals surface area contributed by atoms with Crippen LogP contribution in [0.4, 0.5) is 26.3 Å². The van der Waals surface area contributed by atoms with Gasteiger partial charge in [-0.15, -0.1) is 22.6 Å². The van der Waals surface area contributed by atoms with Crippen molar-refractivity contribution in [3.63, 3.8) is 0 Å². The Kier molecular flexibility index (Phi) is 9.79. The number of hydrogen-bond donors (Lipinski definition) is 2. The highest BCUT2D eigenvalue weighted by Gasteiger charge is 2.40. The lowest BCUT2D eigenvalue weighted by molar-refractivity contribution is -0.148. The maximum Gasteiger partial charge on any atom is 0.451 e. The van der Waals surface area contributed by atoms with Crippen molar-refractivity contribution in [3.8, 4) is 0 Å². The smallest absolute Gasteiger partial charge is 0.351 e. The zero-order chi connectivity index (χ0) is 28.3. The topological polar surface area (TPSA) is 106 Å². The molecule has 2 atom stereocenters. The van der Waals surface area contributed by atoms with Gasteiger partial charge in [0.15, 0.2) is 17.5 Å². The minimum Gasteiger partial charge on any atom is -0.351 e. The van der Waals surface area contributed by atoms with E-state index in [9.17, 15) is 35.9 Å². The van der Waals surface area contributed by atoms with Gasteiger partial charge >= 0.3 is 6.18 Å². The Balaban J connectivity index is 0.00000441. The Bertz CT molecular complexity index is 1350. The van der Waals surface area contributed by atoms with Crippen molar-refractivity contribution in [3.05, 3.63) is 82.7 Å². The number of amides is 2. The normalized spacial score (nSPS) is 14.6. The van der Waals surface area contributed by atoms with E-state index in [4.69, 9.17) is 5.73 Å². The molecule has 0 saturated heterocycles. The fourth-order valence-corrected chi connectivity index (χ4v) is 4.35. The van der Waals surface area contributed by atoms with Gasteiger partial charge in [0.1, 0.15) is 5.82 Å². The first-order chi connectivity index (χ1) is 18.4. The van der Waals surface area contributed by atoms with Gasteiger partial charge in [-0.05, 0) is 30.0 Å². The van der Waals surface area contributed by atoms with E-state index >= 15 is 0 Å². The fourth-order valence-electron chi connectivity index (χ4n) is 4.35. The Labute approximate surface area is 230 Å². The molecule has 0 saturated carbocycles. The number of benzene rings is 2. The van der Waals surface area contributed by atoms with E-state index in [2.05, 4.69) is 15.5 Å². The third-order valence-electron chi connectivity index (χ3n) is 6.32. The molecular weight excluding hydrogens is 566 g/mol. The van der Waals surface area contributed by atoms with Crippen LogP contribution in [0.1, 0.15) is 29.2 Å². The first-order valence-electron chi connectivity index (χ1n) is 11.9. The molecule has 4 rings (SSSR count). The molecule has 0 spiro atoms. The number of fused-ring (bicyclic) bond motifs is 1. The number of nitrogens with two attached hydrogens (primary N) is 1. The van der Waals surface area contributed by atoms with Crippen LogP contribution in [0.5, 0.6) is 0 Å². The molecule has 3 N–H and O–H groups in total. The Hall–Kier alpha value is -3.65. The molecule has 0 radical (unpaired) electrons. The van der Waals surface area contributed by atoms with Crippen molar-refractivity contribution in [1.82, 2.24) is 25.0 Å². The molecule has 216 valence electrons. The van der Waals surface area contributed by atoms with Gasteiger partial charge in [-0.3, -0.25) is 9.59 Å². The van der Waals surface area contributed by atoms with E-state index in [0.717, 1.165) is 10.1 Å². The Morgan fingerprint density at radius 1 is 0.975 bits per heavy atom. The van der Waals surface area contributed by atoms with Gasteiger partial charge in [-0.2, -0.15) is 13.2 Å². The van der Waals surface area contributed by atoms with Crippen LogP contribution in [-0.4, -0.2) is 50.1 Å². The van der Waals surface area contributed by atoms with E-state index < -0.39 is 59.8 Å². The fraction of sp³-hybridized carbons (Fsp3) is 0.360. The molecule has 15 heteroatoms. The van der Waals surface area contributed by atoms with Crippen molar-refractivity contribution in [2.75, 3.05) is 6.54 Å². The molecule has 1 aromatic heterocycles. The van der Waals surface area contributed by atoms with Crippen LogP contribution < -0.4 is 11.1 Å². The summed E-state index contributed by atoms with van der Waals surface area (Å²) >= 11 is 0. The van der Waals surface area contributed by atoms with E-state index in [1.54, 1.807) is 30.3 Å². The van der Waals surface area contributed by atoms with E-state index in [1.807, 2.05) is 0 Å². The standard InChI is InChI=1S/C25H24F6N6O2.ClH/c26-17-12-19(28)18(27)10-15(17)9-16(33-23(39)20(32)8-14-4-2-1-3-5-14)11-22(38)36-6-7-37-21(13-36)34-35-24(37)25(29,30)31;/h1-5,10,12,16,20H,6-9,11,13,32H2,(H,33,39);1H/t16-,20+;/m1./s1. The monoisotopic (exact) mass is 590 g/mol. The largest absolute Gasteiger partial charge is 0.451 e. The summed E-state index contributed by atoms with van der Waals surface area (Å²) in [6.45, 7) is -0.573. The molecule has 3 aromatic rings. The number of aromatic nitrogens is 3. The lowest BCUT2D eigenvalue weighted by atomic mass is 10.00. The van der Waals surface area contributed by atoms with Crippen LogP contribution in [0, 0.1) is 17.5 Å². The Morgan fingerprint density at radius 3 is 2.33 bits per heavy atom. The van der Waals surface area contributed by atoms with Crippen molar-refractivity contribution in [2.24, 2.45) is 5.73 Å². The molecule has 2 heterocycles. The second-order valence-corrected chi connectivity index (χ2v) is 9.17. The van der Waals surface area contributed by atoms with E-state index in [1.165, 1.54) is 4.90 Å². The van der Waals surface area contributed by atoms with E-state index in [0.29, 0.717) is 12.1 Å². The summed E-state index contributed by atoms with van der Waals surface area (Å²) in [7, 11) is 0. The predicted molar refractivity (Wildman–Crippen MR) is 132 cm³/mol. The second kappa shape index (κ2) is 12.7. The molecule has 0 fully saturated rings. The van der Waals surface area contributed by atoms with Crippen LogP contribution in [0.15, 0.2) is 42.5 Å². The molecule has 0 bridgehead atoms. The number of alkyl halides is 3. The summed E-state index contributed by atoms with van der Waals surface area (Å²) < 4.78 is 81.8. The maximum atomic E-state index is 14.4. The number of rotatable bonds is 8. The zero-order valence-electron chi connectivity index (χ0n) is 20.8. The van der Waals surface area contributed by atoms with Gasteiger partial charge in [0.25, 0.3) is 0 Å². The lowest BCUT2D eigenvalue weighted by Crippen LogP contribution is -2.49. The minimum atomic E-state index is -4.71. The first kappa shape index (κ1) is 30.9. The van der Waals surface area contributed by atoms with Crippen molar-refractivity contribution in [2.45, 2.75) is 50.6 Å². The van der Waals surface area contributed by atoms with Gasteiger partial charge in [0, 0.05) is 31.6 Å². The van der Waals surface area contributed by atoms with Gasteiger partial charge in [-0.25, -0.2) is 13.2 Å². The molecular formula is C25H25ClF6N6O2. The van der Waals surface area contributed by atoms with Gasteiger partial charge < -0.3 is 20.5 Å². The third kappa shape index (κ3) is 7.30. The number of hydrogen-bond acceptors (Lipinski definition) is 5. The highest BCUT2D eigenvalue weighted by Crippen LogP contribution is 2.29. The molecule has 2 aromatic carbocycles. The SMILES string of the molecule is Cl.N[C@@H](Cc1ccccc1)C(=O)N[C@@H](CC(=O)N1CCn2c(nnc2C(F)(F)F)C1)Cc1cc(F)c(F)cc1F. The molecule has 0 unspecified atom stereocenters. The second-order valence-electron chi connectivity index (χ2n) is 9.17. The number of nitrogens with zero attached hydrogens (tertiary/aromatic N) is 4. The summed E-state index contributed by atoms with van der Waals surface area (Å²) in [4.78, 5) is 27.2. The van der Waals surface area contributed by atoms with Gasteiger partial charge in [0.05, 0.1) is 12.6 Å². The average Bonchev–Trinajstić information content (AvgIpc) is 3.32. The summed E-state index contributed by atoms with van der Waals surface area (Å²) in [5.74, 6) is -6.25. The molecule has 1 aliphatic heterocycles. The van der Waals surface area contributed by atoms with Crippen molar-refractivity contribution < 1.29 is 35.9 Å². The molecule has 0 aliphatic carbocycles. The number of carbonyl (C=O) groups is 2. The molecule has 40 heavy (non-hydrogen) atoms. The lowest BCUT2D eigenvalue weighted by Gasteiger charge is -2.30. The van der Waals surface area contributed by atoms with Gasteiger partial charge in [0.2, 0.25) is 17.6 Å². The van der Waals surface area contributed by atoms with Crippen LogP contribution in [0.25, 0.3) is 0 Å². The summed E-state index contributed by atoms with van der Waals surface area (Å²) in [6.07, 6.45) is -5.33. The average molecular weight is 591 g/mol. The Morgan fingerprint density at radius 2 is 1.65 bits per heavy atom. The third-order valence-corrected chi connectivity index (χ3v) is 6.32. The number of nitrogens with one attached hydrogen (secondary N) is 1. The quantitative estimate of drug-likeness (QED) is 0.310. The number of carbonyl (C=O) groups excluding carboxylic acids is 2. The maximum absolute atomic E-state index is 14.4. The minimum absolute atomic E-state index is 0. The van der Waals surface area contributed by atoms with Gasteiger partial charge in [-0.1, -0.05) is 30.3 Å². The van der Waals surface area contributed by atoms with E-state index in [-0.39, 0.29) is 56.3 Å². The molecule has 8 nitrogen and oxygen atoms in total. The highest BCUT2D eigenvalue weighted by molar-refractivity contribution is 5.85. The van der Waals surface area contributed by atoms with Crippen LogP contribution in [-0.2, 0) is 41.7 Å². The summed E-state index contributed by atoms with van der Waals surface area (Å²) in [5.41, 5.74) is 6.52. The molecule has 1 aliphatic rings. The zero-order valence-corrected chi connectivity index (χ0v) is 21.6. The van der Waals surface area contributed by atoms with Crippen LogP contribution >= 0.6 is 12.4 Å². The number of halogens is 7. The predicted octanol–water partition coefficient (Wildman–Crippen LogP) is 3.17.